The fourth-order valence-corrected chi connectivity index (χ4v) is 1.78. The number of hydrogen-bond donors (Lipinski definition) is 2. The van der Waals surface area contributed by atoms with Gasteiger partial charge in [-0.3, -0.25) is 4.79 Å². The number of rotatable bonds is 10. The maximum Gasteiger partial charge on any atom is 0.234 e. The monoisotopic (exact) mass is 260 g/mol. The molecule has 0 fully saturated rings. The van der Waals surface area contributed by atoms with Crippen molar-refractivity contribution in [2.75, 3.05) is 13.1 Å². The van der Waals surface area contributed by atoms with E-state index in [9.17, 15) is 4.79 Å². The molecule has 0 atom stereocenters. The molecule has 0 aliphatic heterocycles. The van der Waals surface area contributed by atoms with E-state index in [0.717, 1.165) is 24.9 Å². The number of amides is 1. The Hall–Kier alpha value is -1.61. The Kier molecular flexibility index (Phi) is 8.39. The molecule has 104 valence electrons. The number of hydrogen-bond acceptors (Lipinski definition) is 2. The summed E-state index contributed by atoms with van der Waals surface area (Å²) in [6.07, 6.45) is 6.51. The Morgan fingerprint density at radius 3 is 2.68 bits per heavy atom. The van der Waals surface area contributed by atoms with Crippen molar-refractivity contribution in [2.45, 2.75) is 32.2 Å². The van der Waals surface area contributed by atoms with Gasteiger partial charge in [-0.1, -0.05) is 42.8 Å². The van der Waals surface area contributed by atoms with E-state index in [-0.39, 0.29) is 5.91 Å². The molecule has 3 nitrogen and oxygen atoms in total. The molecule has 1 amide bonds. The zero-order chi connectivity index (χ0) is 13.8. The van der Waals surface area contributed by atoms with Gasteiger partial charge in [0.2, 0.25) is 5.91 Å². The number of nitrogens with one attached hydrogen (secondary N) is 2. The Balaban J connectivity index is 1.98. The molecule has 0 aliphatic rings. The van der Waals surface area contributed by atoms with E-state index >= 15 is 0 Å². The first-order chi connectivity index (χ1) is 9.33. The maximum atomic E-state index is 11.6. The van der Waals surface area contributed by atoms with Crippen LogP contribution in [0.4, 0.5) is 0 Å². The largest absolute Gasteiger partial charge is 0.351 e. The quantitative estimate of drug-likeness (QED) is 0.501. The SMILES string of the molecule is C=CCCCCCNCC(=O)NCc1ccccc1. The molecule has 0 aliphatic carbocycles. The van der Waals surface area contributed by atoms with E-state index in [1.807, 2.05) is 36.4 Å². The smallest absolute Gasteiger partial charge is 0.234 e. The Morgan fingerprint density at radius 1 is 1.16 bits per heavy atom. The van der Waals surface area contributed by atoms with Crippen LogP contribution in [0.3, 0.4) is 0 Å². The predicted octanol–water partition coefficient (Wildman–Crippen LogP) is 2.64. The van der Waals surface area contributed by atoms with Crippen LogP contribution >= 0.6 is 0 Å². The first-order valence-corrected chi connectivity index (χ1v) is 6.95. The fourth-order valence-electron chi connectivity index (χ4n) is 1.78. The summed E-state index contributed by atoms with van der Waals surface area (Å²) in [6, 6.07) is 9.94. The van der Waals surface area contributed by atoms with Gasteiger partial charge in [0.05, 0.1) is 6.54 Å². The lowest BCUT2D eigenvalue weighted by molar-refractivity contribution is -0.120. The highest BCUT2D eigenvalue weighted by Gasteiger charge is 1.99. The number of unbranched alkanes of at least 4 members (excludes halogenated alkanes) is 3. The third kappa shape index (κ3) is 8.16. The second kappa shape index (κ2) is 10.3. The molecule has 0 spiro atoms. The van der Waals surface area contributed by atoms with Gasteiger partial charge >= 0.3 is 0 Å². The van der Waals surface area contributed by atoms with E-state index in [1.165, 1.54) is 12.8 Å². The van der Waals surface area contributed by atoms with Gasteiger partial charge in [-0.2, -0.15) is 0 Å². The van der Waals surface area contributed by atoms with E-state index in [4.69, 9.17) is 0 Å². The van der Waals surface area contributed by atoms with Crippen LogP contribution < -0.4 is 10.6 Å². The van der Waals surface area contributed by atoms with Crippen LogP contribution in [-0.4, -0.2) is 19.0 Å². The van der Waals surface area contributed by atoms with Gasteiger partial charge < -0.3 is 10.6 Å². The minimum atomic E-state index is 0.0509. The van der Waals surface area contributed by atoms with Crippen molar-refractivity contribution in [2.24, 2.45) is 0 Å². The Morgan fingerprint density at radius 2 is 1.95 bits per heavy atom. The van der Waals surface area contributed by atoms with Crippen molar-refractivity contribution in [3.05, 3.63) is 48.6 Å². The molecule has 0 saturated heterocycles. The first-order valence-electron chi connectivity index (χ1n) is 6.95. The zero-order valence-corrected chi connectivity index (χ0v) is 11.5. The molecule has 0 saturated carbocycles. The molecule has 0 aromatic heterocycles. The molecule has 1 aromatic carbocycles. The van der Waals surface area contributed by atoms with Crippen LogP contribution in [0.2, 0.25) is 0 Å². The summed E-state index contributed by atoms with van der Waals surface area (Å²) in [5.74, 6) is 0.0509. The topological polar surface area (TPSA) is 41.1 Å². The Labute approximate surface area is 116 Å². The van der Waals surface area contributed by atoms with Crippen molar-refractivity contribution in [1.82, 2.24) is 10.6 Å². The van der Waals surface area contributed by atoms with E-state index in [0.29, 0.717) is 13.1 Å². The van der Waals surface area contributed by atoms with Crippen LogP contribution in [0.25, 0.3) is 0 Å². The second-order valence-electron chi connectivity index (χ2n) is 4.58. The number of carbonyl (C=O) groups excluding carboxylic acids is 1. The lowest BCUT2D eigenvalue weighted by atomic mass is 10.2. The average molecular weight is 260 g/mol. The zero-order valence-electron chi connectivity index (χ0n) is 11.5. The predicted molar refractivity (Wildman–Crippen MR) is 79.8 cm³/mol. The van der Waals surface area contributed by atoms with Gasteiger partial charge in [0.15, 0.2) is 0 Å². The van der Waals surface area contributed by atoms with Crippen molar-refractivity contribution in [3.8, 4) is 0 Å². The average Bonchev–Trinajstić information content (AvgIpc) is 2.45. The minimum absolute atomic E-state index is 0.0509. The highest BCUT2D eigenvalue weighted by Crippen LogP contribution is 1.98. The van der Waals surface area contributed by atoms with E-state index < -0.39 is 0 Å². The summed E-state index contributed by atoms with van der Waals surface area (Å²) < 4.78 is 0. The summed E-state index contributed by atoms with van der Waals surface area (Å²) in [5.41, 5.74) is 1.13. The normalized spacial score (nSPS) is 10.1. The van der Waals surface area contributed by atoms with Crippen LogP contribution in [0.15, 0.2) is 43.0 Å². The highest BCUT2D eigenvalue weighted by molar-refractivity contribution is 5.77. The van der Waals surface area contributed by atoms with E-state index in [1.54, 1.807) is 0 Å². The summed E-state index contributed by atoms with van der Waals surface area (Å²) in [6.45, 7) is 5.59. The third-order valence-corrected chi connectivity index (χ3v) is 2.88. The molecule has 2 N–H and O–H groups in total. The molecule has 0 radical (unpaired) electrons. The van der Waals surface area contributed by atoms with Gasteiger partial charge in [0.25, 0.3) is 0 Å². The number of benzene rings is 1. The number of carbonyl (C=O) groups is 1. The van der Waals surface area contributed by atoms with Gasteiger partial charge in [0, 0.05) is 6.54 Å². The molecule has 0 bridgehead atoms. The fraction of sp³-hybridized carbons (Fsp3) is 0.438. The summed E-state index contributed by atoms with van der Waals surface area (Å²) in [7, 11) is 0. The minimum Gasteiger partial charge on any atom is -0.351 e. The van der Waals surface area contributed by atoms with Crippen LogP contribution in [0.1, 0.15) is 31.2 Å². The summed E-state index contributed by atoms with van der Waals surface area (Å²) >= 11 is 0. The van der Waals surface area contributed by atoms with Crippen molar-refractivity contribution >= 4 is 5.91 Å². The third-order valence-electron chi connectivity index (χ3n) is 2.88. The lowest BCUT2D eigenvalue weighted by Gasteiger charge is -2.06. The molecular formula is C16H24N2O. The van der Waals surface area contributed by atoms with Gasteiger partial charge in [-0.05, 0) is 31.4 Å². The maximum absolute atomic E-state index is 11.6. The van der Waals surface area contributed by atoms with Crippen LogP contribution in [-0.2, 0) is 11.3 Å². The van der Waals surface area contributed by atoms with Crippen molar-refractivity contribution in [1.29, 1.82) is 0 Å². The lowest BCUT2D eigenvalue weighted by Crippen LogP contribution is -2.33. The van der Waals surface area contributed by atoms with Gasteiger partial charge in [-0.15, -0.1) is 6.58 Å². The van der Waals surface area contributed by atoms with Gasteiger partial charge in [0.1, 0.15) is 0 Å². The van der Waals surface area contributed by atoms with Crippen molar-refractivity contribution in [3.63, 3.8) is 0 Å². The van der Waals surface area contributed by atoms with Gasteiger partial charge in [-0.25, -0.2) is 0 Å². The Bertz CT molecular complexity index is 362. The number of allylic oxidation sites excluding steroid dienone is 1. The molecule has 0 unspecified atom stereocenters. The second-order valence-corrected chi connectivity index (χ2v) is 4.58. The molecule has 1 rings (SSSR count). The molecule has 1 aromatic rings. The molecule has 19 heavy (non-hydrogen) atoms. The molecular weight excluding hydrogens is 236 g/mol. The molecule has 3 heteroatoms. The van der Waals surface area contributed by atoms with Crippen molar-refractivity contribution < 1.29 is 4.79 Å². The summed E-state index contributed by atoms with van der Waals surface area (Å²) in [5, 5.41) is 6.06. The highest BCUT2D eigenvalue weighted by atomic mass is 16.1. The van der Waals surface area contributed by atoms with Crippen LogP contribution in [0, 0.1) is 0 Å². The first kappa shape index (κ1) is 15.4. The van der Waals surface area contributed by atoms with E-state index in [2.05, 4.69) is 17.2 Å². The molecule has 0 heterocycles. The summed E-state index contributed by atoms with van der Waals surface area (Å²) in [4.78, 5) is 11.6. The van der Waals surface area contributed by atoms with Crippen LogP contribution in [0.5, 0.6) is 0 Å². The standard InChI is InChI=1S/C16H24N2O/c1-2-3-4-5-9-12-17-14-16(19)18-13-15-10-7-6-8-11-15/h2,6-8,10-11,17H,1,3-5,9,12-14H2,(H,18,19).